The molecule has 0 unspecified atom stereocenters. The normalized spacial score (nSPS) is 9.67. The molecule has 2 N–H and O–H groups in total. The molecule has 0 saturated heterocycles. The summed E-state index contributed by atoms with van der Waals surface area (Å²) in [6.45, 7) is 0. The first-order chi connectivity index (χ1) is 2.00. The van der Waals surface area contributed by atoms with Crippen LogP contribution in [0.4, 0.5) is 0 Å². The van der Waals surface area contributed by atoms with Gasteiger partial charge in [0, 0.05) is 14.3 Å². The van der Waals surface area contributed by atoms with Crippen molar-refractivity contribution in [2.45, 2.75) is 0 Å². The number of rotatable bonds is 0. The predicted octanol–water partition coefficient (Wildman–Crippen LogP) is -0.653. The first kappa shape index (κ1) is 9.54. The van der Waals surface area contributed by atoms with Gasteiger partial charge in [-0.15, -0.1) is 0 Å². The maximum Gasteiger partial charge on any atom is 0.394 e. The minimum Gasteiger partial charge on any atom is -0.264 e. The van der Waals surface area contributed by atoms with Gasteiger partial charge in [0.1, 0.15) is 0 Å². The zero-order valence-corrected chi connectivity index (χ0v) is 6.46. The van der Waals surface area contributed by atoms with Crippen LogP contribution in [0.15, 0.2) is 0 Å². The Bertz CT molecular complexity index is 90.7. The molecule has 0 aliphatic carbocycles. The van der Waals surface area contributed by atoms with Crippen LogP contribution in [0.3, 0.4) is 0 Å². The van der Waals surface area contributed by atoms with Crippen molar-refractivity contribution in [3.8, 4) is 0 Å². The standard InChI is InChI=1S/Am.H2O4S/c;1-5(2,3)4/h;(H2,1,2,3,4). The fourth-order valence-corrected chi connectivity index (χ4v) is 0. The summed E-state index contributed by atoms with van der Waals surface area (Å²) in [4.78, 5) is 0. The Labute approximate surface area is 42.9 Å². The molecule has 0 amide bonds. The van der Waals surface area contributed by atoms with Gasteiger partial charge in [-0.2, -0.15) is 8.42 Å². The van der Waals surface area contributed by atoms with Crippen molar-refractivity contribution in [1.29, 1.82) is 0 Å². The molecule has 6 heavy (non-hydrogen) atoms. The summed E-state index contributed by atoms with van der Waals surface area (Å²) in [5.74, 6) is 0. The van der Waals surface area contributed by atoms with Gasteiger partial charge in [0.25, 0.3) is 0 Å². The van der Waals surface area contributed by atoms with Crippen molar-refractivity contribution < 1.29 is 31.8 Å². The molecular formula is H2AmO4S. The average Bonchev–Trinajstić information content (AvgIpc) is 0.722. The van der Waals surface area contributed by atoms with Crippen molar-refractivity contribution in [1.82, 2.24) is 0 Å². The first-order valence-electron chi connectivity index (χ1n) is 0.698. The molecule has 0 fully saturated rings. The molecule has 0 bridgehead atoms. The average molecular weight is 341 g/mol. The summed E-state index contributed by atoms with van der Waals surface area (Å²) >= 11 is 0. The van der Waals surface area contributed by atoms with E-state index in [0.717, 1.165) is 0 Å². The molecule has 39 valence electrons. The molecule has 0 aromatic heterocycles. The molecule has 0 aromatic rings. The van der Waals surface area contributed by atoms with E-state index in [1.54, 1.807) is 0 Å². The van der Waals surface area contributed by atoms with Crippen molar-refractivity contribution in [3.05, 3.63) is 0 Å². The van der Waals surface area contributed by atoms with Crippen LogP contribution in [0.5, 0.6) is 0 Å². The molecule has 0 atom stereocenters. The number of hydrogen-bond donors (Lipinski definition) is 2. The monoisotopic (exact) mass is 339 g/mol. The Balaban J connectivity index is 0. The molecule has 0 aromatic carbocycles. The van der Waals surface area contributed by atoms with Gasteiger partial charge >= 0.3 is 10.4 Å². The topological polar surface area (TPSA) is 74.6 Å². The van der Waals surface area contributed by atoms with E-state index in [0.29, 0.717) is 0 Å². The van der Waals surface area contributed by atoms with Crippen molar-refractivity contribution in [2.24, 2.45) is 0 Å². The molecule has 1 radical (unpaired) electrons. The van der Waals surface area contributed by atoms with Crippen LogP contribution in [0.2, 0.25) is 0 Å². The third-order valence-electron chi connectivity index (χ3n) is 0. The molecule has 0 aliphatic heterocycles. The second-order valence-corrected chi connectivity index (χ2v) is 1.34. The van der Waals surface area contributed by atoms with Gasteiger partial charge in [0.05, 0.1) is 0 Å². The van der Waals surface area contributed by atoms with Gasteiger partial charge in [-0.25, -0.2) is 0 Å². The predicted molar refractivity (Wildman–Crippen MR) is 14.2 cm³/mol. The quantitative estimate of drug-likeness (QED) is 0.574. The number of hydrogen-bond acceptors (Lipinski definition) is 2. The molecule has 0 heterocycles. The molecule has 4 nitrogen and oxygen atoms in total. The summed E-state index contributed by atoms with van der Waals surface area (Å²) < 4.78 is 31.6. The molecule has 0 saturated carbocycles. The van der Waals surface area contributed by atoms with Gasteiger partial charge in [-0.3, -0.25) is 9.11 Å². The molecule has 0 spiro atoms. The summed E-state index contributed by atoms with van der Waals surface area (Å²) in [6.07, 6.45) is 0. The van der Waals surface area contributed by atoms with Crippen LogP contribution in [0.25, 0.3) is 0 Å². The Morgan fingerprint density at radius 1 is 1.17 bits per heavy atom. The van der Waals surface area contributed by atoms with E-state index < -0.39 is 10.4 Å². The smallest absolute Gasteiger partial charge is 0.264 e. The zero-order valence-electron chi connectivity index (χ0n) is 2.50. The van der Waals surface area contributed by atoms with Crippen molar-refractivity contribution in [2.75, 3.05) is 0 Å². The summed E-state index contributed by atoms with van der Waals surface area (Å²) in [7, 11) is -4.67. The van der Waals surface area contributed by atoms with Crippen LogP contribution in [-0.4, -0.2) is 17.5 Å². The van der Waals surface area contributed by atoms with Crippen molar-refractivity contribution in [3.63, 3.8) is 0 Å². The largest absolute Gasteiger partial charge is 0.394 e. The zero-order chi connectivity index (χ0) is 4.50. The molecule has 0 rings (SSSR count). The first-order valence-corrected chi connectivity index (χ1v) is 2.10. The summed E-state index contributed by atoms with van der Waals surface area (Å²) in [5.41, 5.74) is 0. The summed E-state index contributed by atoms with van der Waals surface area (Å²) in [6, 6.07) is 0. The van der Waals surface area contributed by atoms with E-state index in [2.05, 4.69) is 0 Å². The molecule has 0 aliphatic rings. The van der Waals surface area contributed by atoms with Gasteiger partial charge in [-0.1, -0.05) is 0 Å². The van der Waals surface area contributed by atoms with Gasteiger partial charge < -0.3 is 0 Å². The summed E-state index contributed by atoms with van der Waals surface area (Å²) in [5, 5.41) is 0. The fourth-order valence-electron chi connectivity index (χ4n) is 0. The van der Waals surface area contributed by atoms with E-state index in [4.69, 9.17) is 17.5 Å². The van der Waals surface area contributed by atoms with E-state index in [1.165, 1.54) is 0 Å². The van der Waals surface area contributed by atoms with E-state index in [9.17, 15) is 0 Å². The van der Waals surface area contributed by atoms with Crippen LogP contribution >= 0.6 is 0 Å². The van der Waals surface area contributed by atoms with E-state index in [1.807, 2.05) is 0 Å². The van der Waals surface area contributed by atoms with Crippen LogP contribution < -0.4 is 0 Å². The molecule has 6 heteroatoms. The molecular weight excluding hydrogens is 339 g/mol. The maximum absolute atomic E-state index is 8.74. The van der Waals surface area contributed by atoms with Crippen LogP contribution in [0.1, 0.15) is 0 Å². The van der Waals surface area contributed by atoms with Gasteiger partial charge in [0.15, 0.2) is 0 Å². The fraction of sp³-hybridized carbons (Fsp3) is 0. The SMILES string of the molecule is O=S(=O)(O)O.[Am]. The maximum atomic E-state index is 8.74. The van der Waals surface area contributed by atoms with Gasteiger partial charge in [0.2, 0.25) is 0 Å². The van der Waals surface area contributed by atoms with E-state index >= 15 is 0 Å². The Hall–Kier alpha value is 0.260. The Morgan fingerprint density at radius 3 is 1.17 bits per heavy atom. The second-order valence-electron chi connectivity index (χ2n) is 0.448. The van der Waals surface area contributed by atoms with Crippen LogP contribution in [-0.2, 0) is 10.4 Å². The third kappa shape index (κ3) is 672. The van der Waals surface area contributed by atoms with Crippen LogP contribution in [0, 0.1) is 14.3 Å². The second kappa shape index (κ2) is 2.44. The van der Waals surface area contributed by atoms with E-state index in [-0.39, 0.29) is 14.3 Å². The minimum absolute atomic E-state index is 0. The Morgan fingerprint density at radius 2 is 1.17 bits per heavy atom. The van der Waals surface area contributed by atoms with Crippen molar-refractivity contribution >= 4 is 10.4 Å². The van der Waals surface area contributed by atoms with Gasteiger partial charge in [-0.05, 0) is 0 Å². The minimum atomic E-state index is -4.67. The third-order valence-corrected chi connectivity index (χ3v) is 0. The Kier molecular flexibility index (Phi) is 3.87.